The smallest absolute Gasteiger partial charge is 0.325 e. The number of methoxy groups -OCH3 is 1. The molecule has 1 amide bonds. The van der Waals surface area contributed by atoms with Gasteiger partial charge in [0.1, 0.15) is 6.54 Å². The summed E-state index contributed by atoms with van der Waals surface area (Å²) in [6.45, 7) is -0.0481. The molecule has 18 heavy (non-hydrogen) atoms. The lowest BCUT2D eigenvalue weighted by Gasteiger charge is -2.17. The van der Waals surface area contributed by atoms with E-state index in [0.29, 0.717) is 5.56 Å². The molecule has 98 valence electrons. The van der Waals surface area contributed by atoms with Crippen molar-refractivity contribution in [2.75, 3.05) is 20.7 Å². The van der Waals surface area contributed by atoms with Crippen LogP contribution in [-0.4, -0.2) is 37.5 Å². The summed E-state index contributed by atoms with van der Waals surface area (Å²) in [5.74, 6) is -0.609. The van der Waals surface area contributed by atoms with Gasteiger partial charge in [-0.1, -0.05) is 0 Å². The fraction of sp³-hybridized carbons (Fsp3) is 0.273. The van der Waals surface area contributed by atoms with E-state index in [2.05, 4.69) is 72.5 Å². The quantitative estimate of drug-likeness (QED) is 0.312. The van der Waals surface area contributed by atoms with Crippen molar-refractivity contribution in [3.63, 3.8) is 0 Å². The molecular weight excluding hydrogens is 575 g/mol. The average Bonchev–Trinajstić information content (AvgIpc) is 2.32. The lowest BCUT2D eigenvalue weighted by Crippen LogP contribution is -2.33. The van der Waals surface area contributed by atoms with Crippen LogP contribution in [0, 0.1) is 10.7 Å². The molecular formula is C11H10I3NO3. The maximum Gasteiger partial charge on any atom is 0.325 e. The van der Waals surface area contributed by atoms with Crippen LogP contribution >= 0.6 is 67.8 Å². The predicted molar refractivity (Wildman–Crippen MR) is 93.6 cm³/mol. The first-order valence-electron chi connectivity index (χ1n) is 4.83. The second-order valence-corrected chi connectivity index (χ2v) is 6.97. The number of amides is 1. The van der Waals surface area contributed by atoms with Gasteiger partial charge in [-0.25, -0.2) is 0 Å². The number of hydrogen-bond acceptors (Lipinski definition) is 3. The molecule has 0 atom stereocenters. The normalized spacial score (nSPS) is 10.1. The summed E-state index contributed by atoms with van der Waals surface area (Å²) in [4.78, 5) is 24.7. The maximum absolute atomic E-state index is 12.2. The number of esters is 1. The Morgan fingerprint density at radius 2 is 1.89 bits per heavy atom. The molecule has 0 aliphatic heterocycles. The fourth-order valence-corrected chi connectivity index (χ4v) is 3.63. The third-order valence-corrected chi connectivity index (χ3v) is 5.83. The van der Waals surface area contributed by atoms with Crippen molar-refractivity contribution >= 4 is 79.6 Å². The van der Waals surface area contributed by atoms with Crippen molar-refractivity contribution in [1.29, 1.82) is 0 Å². The fourth-order valence-electron chi connectivity index (χ4n) is 1.25. The Hall–Kier alpha value is 0.350. The van der Waals surface area contributed by atoms with Crippen molar-refractivity contribution in [1.82, 2.24) is 4.90 Å². The van der Waals surface area contributed by atoms with Crippen molar-refractivity contribution in [3.8, 4) is 0 Å². The highest BCUT2D eigenvalue weighted by Gasteiger charge is 2.19. The van der Waals surface area contributed by atoms with Gasteiger partial charge in [0.25, 0.3) is 5.91 Å². The number of nitrogens with zero attached hydrogens (tertiary/aromatic N) is 1. The Labute approximate surface area is 146 Å². The Bertz CT molecular complexity index is 491. The number of rotatable bonds is 3. The van der Waals surface area contributed by atoms with Crippen molar-refractivity contribution in [2.45, 2.75) is 0 Å². The largest absolute Gasteiger partial charge is 0.468 e. The Morgan fingerprint density at radius 3 is 2.44 bits per heavy atom. The highest BCUT2D eigenvalue weighted by Crippen LogP contribution is 2.23. The van der Waals surface area contributed by atoms with E-state index < -0.39 is 5.97 Å². The summed E-state index contributed by atoms with van der Waals surface area (Å²) in [6.07, 6.45) is 0. The molecule has 0 heterocycles. The highest BCUT2D eigenvalue weighted by molar-refractivity contribution is 14.1. The maximum atomic E-state index is 12.2. The van der Waals surface area contributed by atoms with Crippen LogP contribution in [0.4, 0.5) is 0 Å². The SMILES string of the molecule is COC(=O)CN(C)C(=O)c1cc(I)cc(I)c1I. The monoisotopic (exact) mass is 585 g/mol. The first-order valence-corrected chi connectivity index (χ1v) is 8.07. The number of carbonyl (C=O) groups is 2. The van der Waals surface area contributed by atoms with Crippen LogP contribution in [0.1, 0.15) is 10.4 Å². The molecule has 0 radical (unpaired) electrons. The van der Waals surface area contributed by atoms with E-state index in [0.717, 1.165) is 10.7 Å². The van der Waals surface area contributed by atoms with Crippen LogP contribution in [0.5, 0.6) is 0 Å². The molecule has 7 heteroatoms. The summed E-state index contributed by atoms with van der Waals surface area (Å²) < 4.78 is 7.46. The van der Waals surface area contributed by atoms with Gasteiger partial charge in [0, 0.05) is 17.8 Å². The number of likely N-dealkylation sites (N-methyl/N-ethyl adjacent to an activating group) is 1. The molecule has 0 aliphatic rings. The van der Waals surface area contributed by atoms with Gasteiger partial charge in [0.2, 0.25) is 0 Å². The van der Waals surface area contributed by atoms with Crippen molar-refractivity contribution in [3.05, 3.63) is 28.4 Å². The summed E-state index contributed by atoms with van der Waals surface area (Å²) >= 11 is 6.50. The van der Waals surface area contributed by atoms with Crippen LogP contribution in [0.15, 0.2) is 12.1 Å². The zero-order valence-corrected chi connectivity index (χ0v) is 16.1. The number of carbonyl (C=O) groups excluding carboxylic acids is 2. The van der Waals surface area contributed by atoms with Crippen LogP contribution in [0.25, 0.3) is 0 Å². The summed E-state index contributed by atoms with van der Waals surface area (Å²) in [5, 5.41) is 0. The van der Waals surface area contributed by atoms with E-state index in [-0.39, 0.29) is 12.5 Å². The molecule has 1 aromatic rings. The minimum absolute atomic E-state index is 0.0481. The van der Waals surface area contributed by atoms with Crippen LogP contribution in [0.2, 0.25) is 0 Å². The third kappa shape index (κ3) is 4.18. The molecule has 0 spiro atoms. The van der Waals surface area contributed by atoms with Crippen LogP contribution in [0.3, 0.4) is 0 Å². The summed E-state index contributed by atoms with van der Waals surface area (Å²) in [7, 11) is 2.89. The second-order valence-electron chi connectivity index (χ2n) is 3.49. The molecule has 1 aromatic carbocycles. The van der Waals surface area contributed by atoms with Gasteiger partial charge in [0.15, 0.2) is 0 Å². The van der Waals surface area contributed by atoms with E-state index in [1.54, 1.807) is 7.05 Å². The Morgan fingerprint density at radius 1 is 1.28 bits per heavy atom. The molecule has 0 fully saturated rings. The number of benzene rings is 1. The second kappa shape index (κ2) is 7.22. The number of ether oxygens (including phenoxy) is 1. The molecule has 0 saturated heterocycles. The van der Waals surface area contributed by atoms with E-state index in [4.69, 9.17) is 0 Å². The van der Waals surface area contributed by atoms with Gasteiger partial charge in [-0.05, 0) is 79.9 Å². The highest BCUT2D eigenvalue weighted by atomic mass is 127. The van der Waals surface area contributed by atoms with Gasteiger partial charge < -0.3 is 9.64 Å². The number of halogens is 3. The lowest BCUT2D eigenvalue weighted by molar-refractivity contribution is -0.141. The lowest BCUT2D eigenvalue weighted by atomic mass is 10.2. The Kier molecular flexibility index (Phi) is 6.58. The van der Waals surface area contributed by atoms with E-state index in [1.807, 2.05) is 12.1 Å². The van der Waals surface area contributed by atoms with Gasteiger partial charge in [-0.15, -0.1) is 0 Å². The van der Waals surface area contributed by atoms with Crippen LogP contribution < -0.4 is 0 Å². The van der Waals surface area contributed by atoms with E-state index in [1.165, 1.54) is 12.0 Å². The standard InChI is InChI=1S/C11H10I3NO3/c1-15(5-9(16)18-2)11(17)7-3-6(12)4-8(13)10(7)14/h3-4H,5H2,1-2H3. The van der Waals surface area contributed by atoms with Gasteiger partial charge in [0.05, 0.1) is 12.7 Å². The zero-order chi connectivity index (χ0) is 13.9. The molecule has 0 unspecified atom stereocenters. The van der Waals surface area contributed by atoms with Gasteiger partial charge in [-0.2, -0.15) is 0 Å². The number of hydrogen-bond donors (Lipinski definition) is 0. The third-order valence-electron chi connectivity index (χ3n) is 2.16. The zero-order valence-electron chi connectivity index (χ0n) is 9.67. The van der Waals surface area contributed by atoms with Gasteiger partial charge in [-0.3, -0.25) is 9.59 Å². The molecule has 4 nitrogen and oxygen atoms in total. The minimum Gasteiger partial charge on any atom is -0.468 e. The van der Waals surface area contributed by atoms with Crippen molar-refractivity contribution in [2.24, 2.45) is 0 Å². The first kappa shape index (κ1) is 16.4. The topological polar surface area (TPSA) is 46.6 Å². The van der Waals surface area contributed by atoms with E-state index >= 15 is 0 Å². The van der Waals surface area contributed by atoms with Gasteiger partial charge >= 0.3 is 5.97 Å². The summed E-state index contributed by atoms with van der Waals surface area (Å²) in [5.41, 5.74) is 0.610. The van der Waals surface area contributed by atoms with Crippen LogP contribution in [-0.2, 0) is 9.53 Å². The minimum atomic E-state index is -0.429. The molecule has 0 aliphatic carbocycles. The average molecular weight is 585 g/mol. The molecule has 0 N–H and O–H groups in total. The predicted octanol–water partition coefficient (Wildman–Crippen LogP) is 2.75. The summed E-state index contributed by atoms with van der Waals surface area (Å²) in [6, 6.07) is 3.82. The van der Waals surface area contributed by atoms with E-state index in [9.17, 15) is 9.59 Å². The molecule has 0 bridgehead atoms. The first-order chi connectivity index (χ1) is 8.36. The molecule has 0 aromatic heterocycles. The molecule has 0 saturated carbocycles. The Balaban J connectivity index is 3.00. The van der Waals surface area contributed by atoms with Crippen molar-refractivity contribution < 1.29 is 14.3 Å². The molecule has 1 rings (SSSR count).